The summed E-state index contributed by atoms with van der Waals surface area (Å²) in [7, 11) is -3.87. The van der Waals surface area contributed by atoms with Gasteiger partial charge in [-0.05, 0) is 36.1 Å². The number of benzene rings is 2. The molecule has 2 aromatic carbocycles. The van der Waals surface area contributed by atoms with Crippen LogP contribution in [0.25, 0.3) is 0 Å². The fourth-order valence-electron chi connectivity index (χ4n) is 3.87. The van der Waals surface area contributed by atoms with E-state index in [-0.39, 0.29) is 23.6 Å². The van der Waals surface area contributed by atoms with Crippen LogP contribution in [-0.2, 0) is 37.2 Å². The van der Waals surface area contributed by atoms with E-state index in [2.05, 4.69) is 5.32 Å². The van der Waals surface area contributed by atoms with E-state index in [1.165, 1.54) is 12.1 Å². The number of nitrogens with one attached hydrogen (secondary N) is 1. The summed E-state index contributed by atoms with van der Waals surface area (Å²) in [6.45, 7) is 10.00. The third-order valence-electron chi connectivity index (χ3n) is 5.73. The molecule has 2 unspecified atom stereocenters. The van der Waals surface area contributed by atoms with Crippen molar-refractivity contribution >= 4 is 27.7 Å². The SMILES string of the molecule is CC.CC.CCC(=O)Cc1ccc(CC(NC(=O)C2CCCN2S(=O)(=O)c2ccccc2)C(=O)O)cc1. The number of hydrogen-bond donors (Lipinski definition) is 2. The summed E-state index contributed by atoms with van der Waals surface area (Å²) < 4.78 is 27.1. The van der Waals surface area contributed by atoms with Crippen molar-refractivity contribution in [3.63, 3.8) is 0 Å². The highest BCUT2D eigenvalue weighted by Crippen LogP contribution is 2.26. The van der Waals surface area contributed by atoms with Crippen molar-refractivity contribution in [2.24, 2.45) is 0 Å². The van der Waals surface area contributed by atoms with Crippen LogP contribution in [0.2, 0.25) is 0 Å². The second-order valence-corrected chi connectivity index (χ2v) is 9.97. The lowest BCUT2D eigenvalue weighted by atomic mass is 10.0. The Morgan fingerprint density at radius 2 is 1.54 bits per heavy atom. The van der Waals surface area contributed by atoms with E-state index in [9.17, 15) is 27.9 Å². The Hall–Kier alpha value is -3.04. The summed E-state index contributed by atoms with van der Waals surface area (Å²) in [6, 6.07) is 12.7. The molecule has 2 aromatic rings. The normalized spacial score (nSPS) is 15.9. The first-order valence-electron chi connectivity index (χ1n) is 12.9. The third-order valence-corrected chi connectivity index (χ3v) is 7.65. The van der Waals surface area contributed by atoms with Crippen LogP contribution in [0.3, 0.4) is 0 Å². The summed E-state index contributed by atoms with van der Waals surface area (Å²) in [5, 5.41) is 12.2. The number of amides is 1. The average Bonchev–Trinajstić information content (AvgIpc) is 3.43. The van der Waals surface area contributed by atoms with Crippen molar-refractivity contribution in [1.82, 2.24) is 9.62 Å². The van der Waals surface area contributed by atoms with Gasteiger partial charge in [0.1, 0.15) is 17.9 Å². The van der Waals surface area contributed by atoms with Crippen molar-refractivity contribution in [3.05, 3.63) is 65.7 Å². The number of carbonyl (C=O) groups excluding carboxylic acids is 2. The molecule has 37 heavy (non-hydrogen) atoms. The molecule has 1 heterocycles. The van der Waals surface area contributed by atoms with Crippen LogP contribution in [-0.4, -0.2) is 54.1 Å². The van der Waals surface area contributed by atoms with Gasteiger partial charge in [0.25, 0.3) is 0 Å². The number of Topliss-reactive ketones (excluding diaryl/α,β-unsaturated/α-hetero) is 1. The predicted molar refractivity (Wildman–Crippen MR) is 145 cm³/mol. The maximum absolute atomic E-state index is 13.0. The minimum Gasteiger partial charge on any atom is -0.480 e. The van der Waals surface area contributed by atoms with Gasteiger partial charge in [0.2, 0.25) is 15.9 Å². The first-order chi connectivity index (χ1) is 17.7. The van der Waals surface area contributed by atoms with Gasteiger partial charge < -0.3 is 10.4 Å². The maximum atomic E-state index is 13.0. The molecule has 0 bridgehead atoms. The number of rotatable bonds is 10. The number of sulfonamides is 1. The standard InChI is InChI=1S/C24H28N2O6S.2C2H6/c1-2-19(27)15-17-10-12-18(13-11-17)16-21(24(29)30)25-23(28)22-9-6-14-26(22)33(31,32)20-7-4-3-5-8-20;2*1-2/h3-5,7-8,10-13,21-22H,2,6,9,14-16H2,1H3,(H,25,28)(H,29,30);2*1-2H3. The largest absolute Gasteiger partial charge is 0.480 e. The molecular weight excluding hydrogens is 492 g/mol. The highest BCUT2D eigenvalue weighted by Gasteiger charge is 2.40. The third kappa shape index (κ3) is 9.09. The Bertz CT molecular complexity index is 1100. The molecule has 2 N–H and O–H groups in total. The monoisotopic (exact) mass is 532 g/mol. The van der Waals surface area contributed by atoms with E-state index in [1.54, 1.807) is 49.4 Å². The molecule has 1 aliphatic rings. The zero-order valence-electron chi connectivity index (χ0n) is 22.4. The molecule has 1 amide bonds. The van der Waals surface area contributed by atoms with Crippen LogP contribution in [0, 0.1) is 0 Å². The van der Waals surface area contributed by atoms with Gasteiger partial charge >= 0.3 is 5.97 Å². The van der Waals surface area contributed by atoms with Crippen LogP contribution < -0.4 is 5.32 Å². The van der Waals surface area contributed by atoms with Crippen LogP contribution >= 0.6 is 0 Å². The van der Waals surface area contributed by atoms with Gasteiger partial charge in [-0.3, -0.25) is 9.59 Å². The van der Waals surface area contributed by atoms with Gasteiger partial charge in [-0.1, -0.05) is 77.1 Å². The van der Waals surface area contributed by atoms with Gasteiger partial charge in [0.15, 0.2) is 0 Å². The van der Waals surface area contributed by atoms with Crippen molar-refractivity contribution in [1.29, 1.82) is 0 Å². The fraction of sp³-hybridized carbons (Fsp3) is 0.464. The highest BCUT2D eigenvalue weighted by molar-refractivity contribution is 7.89. The topological polar surface area (TPSA) is 121 Å². The number of carbonyl (C=O) groups is 3. The average molecular weight is 533 g/mol. The van der Waals surface area contributed by atoms with Crippen LogP contribution in [0.5, 0.6) is 0 Å². The summed E-state index contributed by atoms with van der Waals surface area (Å²) in [6.07, 6.45) is 1.65. The Morgan fingerprint density at radius 1 is 0.973 bits per heavy atom. The van der Waals surface area contributed by atoms with Crippen LogP contribution in [0.15, 0.2) is 59.5 Å². The summed E-state index contributed by atoms with van der Waals surface area (Å²) >= 11 is 0. The number of nitrogens with zero attached hydrogens (tertiary/aromatic N) is 1. The van der Waals surface area contributed by atoms with E-state index >= 15 is 0 Å². The lowest BCUT2D eigenvalue weighted by Gasteiger charge is -2.25. The summed E-state index contributed by atoms with van der Waals surface area (Å²) in [4.78, 5) is 36.4. The van der Waals surface area contributed by atoms with Crippen LogP contribution in [0.4, 0.5) is 0 Å². The molecule has 0 aromatic heterocycles. The van der Waals surface area contributed by atoms with E-state index in [0.29, 0.717) is 31.2 Å². The van der Waals surface area contributed by atoms with Gasteiger partial charge in [-0.15, -0.1) is 0 Å². The number of ketones is 1. The Labute approximate surface area is 221 Å². The Morgan fingerprint density at radius 3 is 2.08 bits per heavy atom. The molecule has 1 fully saturated rings. The Balaban J connectivity index is 0.00000163. The number of hydrogen-bond acceptors (Lipinski definition) is 5. The smallest absolute Gasteiger partial charge is 0.326 e. The molecule has 1 saturated heterocycles. The molecule has 1 aliphatic heterocycles. The number of carboxylic acids is 1. The first kappa shape index (κ1) is 32.0. The lowest BCUT2D eigenvalue weighted by molar-refractivity contribution is -0.142. The molecule has 0 spiro atoms. The van der Waals surface area contributed by atoms with Crippen molar-refractivity contribution in [3.8, 4) is 0 Å². The summed E-state index contributed by atoms with van der Waals surface area (Å²) in [5.74, 6) is -1.71. The van der Waals surface area contributed by atoms with E-state index in [0.717, 1.165) is 9.87 Å². The molecular formula is C28H40N2O6S. The fourth-order valence-corrected chi connectivity index (χ4v) is 5.54. The quantitative estimate of drug-likeness (QED) is 0.473. The summed E-state index contributed by atoms with van der Waals surface area (Å²) in [5.41, 5.74) is 1.53. The molecule has 8 nitrogen and oxygen atoms in total. The zero-order chi connectivity index (χ0) is 28.0. The molecule has 2 atom stereocenters. The molecule has 0 radical (unpaired) electrons. The van der Waals surface area contributed by atoms with E-state index in [4.69, 9.17) is 0 Å². The predicted octanol–water partition coefficient (Wildman–Crippen LogP) is 4.23. The first-order valence-corrected chi connectivity index (χ1v) is 14.4. The molecule has 3 rings (SSSR count). The molecule has 0 saturated carbocycles. The van der Waals surface area contributed by atoms with Crippen LogP contribution in [0.1, 0.15) is 65.0 Å². The van der Waals surface area contributed by atoms with Crippen molar-refractivity contribution < 1.29 is 27.9 Å². The highest BCUT2D eigenvalue weighted by atomic mass is 32.2. The lowest BCUT2D eigenvalue weighted by Crippen LogP contribution is -2.51. The number of carboxylic acid groups (broad SMARTS) is 1. The molecule has 0 aliphatic carbocycles. The van der Waals surface area contributed by atoms with Crippen molar-refractivity contribution in [2.45, 2.75) is 83.7 Å². The minimum absolute atomic E-state index is 0.0429. The molecule has 9 heteroatoms. The van der Waals surface area contributed by atoms with E-state index in [1.807, 2.05) is 27.7 Å². The van der Waals surface area contributed by atoms with Gasteiger partial charge in [0, 0.05) is 25.8 Å². The van der Waals surface area contributed by atoms with E-state index < -0.39 is 34.0 Å². The second-order valence-electron chi connectivity index (χ2n) is 8.08. The Kier molecular flexibility index (Phi) is 13.8. The van der Waals surface area contributed by atoms with Gasteiger partial charge in [0.05, 0.1) is 4.90 Å². The van der Waals surface area contributed by atoms with Crippen molar-refractivity contribution in [2.75, 3.05) is 6.54 Å². The van der Waals surface area contributed by atoms with Gasteiger partial charge in [-0.25, -0.2) is 13.2 Å². The van der Waals surface area contributed by atoms with Gasteiger partial charge in [-0.2, -0.15) is 4.31 Å². The molecule has 204 valence electrons. The number of aliphatic carboxylic acids is 1. The minimum atomic E-state index is -3.87. The second kappa shape index (κ2) is 15.9. The zero-order valence-corrected chi connectivity index (χ0v) is 23.3. The maximum Gasteiger partial charge on any atom is 0.326 e.